The second-order valence-electron chi connectivity index (χ2n) is 15.8. The van der Waals surface area contributed by atoms with E-state index in [2.05, 4.69) is 144 Å². The summed E-state index contributed by atoms with van der Waals surface area (Å²) in [4.78, 5) is 7.28. The summed E-state index contributed by atoms with van der Waals surface area (Å²) < 4.78 is 19.4. The van der Waals surface area contributed by atoms with Gasteiger partial charge in [0.2, 0.25) is 5.89 Å². The maximum Gasteiger partial charge on any atom is 0.227 e. The zero-order valence-electron chi connectivity index (χ0n) is 32.4. The number of fused-ring (bicyclic) bond motifs is 12. The number of benzene rings is 9. The number of allylic oxidation sites excluding steroid dienone is 1. The van der Waals surface area contributed by atoms with E-state index < -0.39 is 0 Å². The van der Waals surface area contributed by atoms with Gasteiger partial charge in [0.05, 0.1) is 5.69 Å². The first kappa shape index (κ1) is 33.1. The fourth-order valence-electron chi connectivity index (χ4n) is 9.51. The van der Waals surface area contributed by atoms with Gasteiger partial charge in [-0.25, -0.2) is 4.98 Å². The Morgan fingerprint density at radius 2 is 1.23 bits per heavy atom. The number of hydrogen-bond donors (Lipinski definition) is 0. The number of nitrogens with zero attached hydrogens (tertiary/aromatic N) is 2. The molecule has 0 radical (unpaired) electrons. The topological polar surface area (TPSA) is 55.6 Å². The Bertz CT molecular complexity index is 3740. The zero-order chi connectivity index (χ0) is 39.3. The van der Waals surface area contributed by atoms with Crippen molar-refractivity contribution in [1.82, 2.24) is 4.98 Å². The first-order valence-corrected chi connectivity index (χ1v) is 20.5. The summed E-state index contributed by atoms with van der Waals surface area (Å²) in [5.74, 6) is 1.59. The molecule has 13 rings (SSSR count). The van der Waals surface area contributed by atoms with Crippen LogP contribution in [-0.4, -0.2) is 4.98 Å². The first-order valence-electron chi connectivity index (χ1n) is 20.5. The fraction of sp³-hybridized carbons (Fsp3) is 0.0364. The van der Waals surface area contributed by atoms with Crippen LogP contribution < -0.4 is 4.90 Å². The van der Waals surface area contributed by atoms with Gasteiger partial charge in [-0.2, -0.15) is 0 Å². The minimum atomic E-state index is 0.625. The van der Waals surface area contributed by atoms with Crippen molar-refractivity contribution >= 4 is 99.5 Å². The van der Waals surface area contributed by atoms with E-state index in [1.54, 1.807) is 0 Å². The molecule has 0 fully saturated rings. The molecule has 1 aliphatic carbocycles. The molecule has 0 N–H and O–H groups in total. The zero-order valence-corrected chi connectivity index (χ0v) is 32.4. The molecule has 0 saturated carbocycles. The van der Waals surface area contributed by atoms with Crippen LogP contribution in [0.4, 0.5) is 17.1 Å². The van der Waals surface area contributed by atoms with Crippen molar-refractivity contribution in [3.05, 3.63) is 187 Å². The third kappa shape index (κ3) is 5.02. The van der Waals surface area contributed by atoms with E-state index in [4.69, 9.17) is 18.2 Å². The van der Waals surface area contributed by atoms with E-state index in [1.807, 2.05) is 42.5 Å². The highest BCUT2D eigenvalue weighted by molar-refractivity contribution is 6.19. The lowest BCUT2D eigenvalue weighted by atomic mass is 9.93. The van der Waals surface area contributed by atoms with E-state index in [9.17, 15) is 0 Å². The van der Waals surface area contributed by atoms with Gasteiger partial charge in [-0.05, 0) is 118 Å². The molecule has 12 aromatic rings. The largest absolute Gasteiger partial charge is 0.456 e. The number of aromatic nitrogens is 1. The quantitative estimate of drug-likeness (QED) is 0.163. The van der Waals surface area contributed by atoms with Crippen molar-refractivity contribution in [3.8, 4) is 22.6 Å². The van der Waals surface area contributed by atoms with Crippen LogP contribution in [-0.2, 0) is 6.42 Å². The van der Waals surface area contributed by atoms with Gasteiger partial charge in [0.25, 0.3) is 0 Å². The number of aryl methyl sites for hydroxylation is 1. The van der Waals surface area contributed by atoms with Gasteiger partial charge in [-0.15, -0.1) is 0 Å². The number of rotatable bonds is 5. The van der Waals surface area contributed by atoms with Gasteiger partial charge in [0.15, 0.2) is 5.58 Å². The molecule has 0 aliphatic heterocycles. The van der Waals surface area contributed by atoms with Crippen LogP contribution in [0, 0.1) is 0 Å². The van der Waals surface area contributed by atoms with Crippen LogP contribution in [0.15, 0.2) is 189 Å². The van der Waals surface area contributed by atoms with Crippen molar-refractivity contribution in [2.45, 2.75) is 12.8 Å². The predicted molar refractivity (Wildman–Crippen MR) is 246 cm³/mol. The maximum atomic E-state index is 6.58. The summed E-state index contributed by atoms with van der Waals surface area (Å²) in [7, 11) is 0. The second-order valence-corrected chi connectivity index (χ2v) is 15.8. The number of anilines is 3. The summed E-state index contributed by atoms with van der Waals surface area (Å²) in [5, 5.41) is 10.1. The van der Waals surface area contributed by atoms with Gasteiger partial charge < -0.3 is 18.2 Å². The van der Waals surface area contributed by atoms with Crippen LogP contribution in [0.1, 0.15) is 17.7 Å². The van der Waals surface area contributed by atoms with Crippen LogP contribution in [0.5, 0.6) is 0 Å². The average molecular weight is 771 g/mol. The molecule has 0 bridgehead atoms. The van der Waals surface area contributed by atoms with Gasteiger partial charge >= 0.3 is 0 Å². The standard InChI is InChI=1S/C55H34N2O3/c1-2-10-35(11-3-1)55-56-47-27-22-34-20-18-33-19-21-36(30-45(33)53(34)54(47)60-55)39-26-28-48(41-13-5-4-12-40(39)41)57(37-24-29-51-46(31-37)43-15-7-9-17-50(43)58-51)38-23-25-44-42-14-6-8-16-49(42)59-52(44)32-38/h1-6,8-14,16-32H,7,15H2. The molecule has 5 heteroatoms. The fourth-order valence-corrected chi connectivity index (χ4v) is 9.51. The van der Waals surface area contributed by atoms with Gasteiger partial charge in [0, 0.05) is 55.5 Å². The van der Waals surface area contributed by atoms with Gasteiger partial charge in [-0.3, -0.25) is 0 Å². The van der Waals surface area contributed by atoms with Crippen molar-refractivity contribution in [2.24, 2.45) is 0 Å². The summed E-state index contributed by atoms with van der Waals surface area (Å²) in [6.45, 7) is 0. The molecule has 9 aromatic carbocycles. The lowest BCUT2D eigenvalue weighted by Crippen LogP contribution is -2.10. The van der Waals surface area contributed by atoms with Gasteiger partial charge in [-0.1, -0.05) is 103 Å². The number of para-hydroxylation sites is 1. The van der Waals surface area contributed by atoms with Crippen LogP contribution >= 0.6 is 0 Å². The minimum absolute atomic E-state index is 0.625. The highest BCUT2D eigenvalue weighted by atomic mass is 16.3. The lowest BCUT2D eigenvalue weighted by molar-refractivity contribution is 0.595. The third-order valence-corrected chi connectivity index (χ3v) is 12.3. The molecule has 0 unspecified atom stereocenters. The summed E-state index contributed by atoms with van der Waals surface area (Å²) in [6, 6.07) is 60.2. The van der Waals surface area contributed by atoms with Crippen LogP contribution in [0.3, 0.4) is 0 Å². The van der Waals surface area contributed by atoms with Crippen LogP contribution in [0.2, 0.25) is 0 Å². The lowest BCUT2D eigenvalue weighted by Gasteiger charge is -2.27. The third-order valence-electron chi connectivity index (χ3n) is 12.3. The van der Waals surface area contributed by atoms with Crippen molar-refractivity contribution < 1.29 is 13.3 Å². The number of oxazole rings is 1. The molecule has 0 saturated heterocycles. The molecule has 3 heterocycles. The summed E-state index contributed by atoms with van der Waals surface area (Å²) in [5.41, 5.74) is 12.0. The molecule has 60 heavy (non-hydrogen) atoms. The Hall–Kier alpha value is -7.89. The molecule has 3 aromatic heterocycles. The molecule has 0 spiro atoms. The van der Waals surface area contributed by atoms with E-state index in [0.29, 0.717) is 5.89 Å². The molecule has 282 valence electrons. The Morgan fingerprint density at radius 1 is 0.483 bits per heavy atom. The van der Waals surface area contributed by atoms with E-state index in [-0.39, 0.29) is 0 Å². The molecule has 0 atom stereocenters. The molecule has 5 nitrogen and oxygen atoms in total. The average Bonchev–Trinajstić information content (AvgIpc) is 4.02. The highest BCUT2D eigenvalue weighted by Crippen LogP contribution is 2.46. The SMILES string of the molecule is C1=Cc2oc3ccc(N(c4ccc5c(c4)oc4ccccc45)c4ccc(-c5ccc6ccc7ccc8nc(-c9ccccc9)oc8c7c6c5)c5ccccc45)cc3c2CC1. The summed E-state index contributed by atoms with van der Waals surface area (Å²) in [6.07, 6.45) is 6.28. The number of hydrogen-bond acceptors (Lipinski definition) is 5. The Labute approximate surface area is 344 Å². The summed E-state index contributed by atoms with van der Waals surface area (Å²) >= 11 is 0. The van der Waals surface area contributed by atoms with Crippen molar-refractivity contribution in [2.75, 3.05) is 4.90 Å². The number of furan rings is 2. The van der Waals surface area contributed by atoms with Crippen LogP contribution in [0.25, 0.3) is 105 Å². The Morgan fingerprint density at radius 3 is 2.17 bits per heavy atom. The molecular formula is C55H34N2O3. The molecule has 1 aliphatic rings. The van der Waals surface area contributed by atoms with E-state index in [0.717, 1.165) is 129 Å². The van der Waals surface area contributed by atoms with Crippen molar-refractivity contribution in [1.29, 1.82) is 0 Å². The van der Waals surface area contributed by atoms with Crippen molar-refractivity contribution in [3.63, 3.8) is 0 Å². The first-order chi connectivity index (χ1) is 29.7. The smallest absolute Gasteiger partial charge is 0.227 e. The highest BCUT2D eigenvalue weighted by Gasteiger charge is 2.22. The molecular weight excluding hydrogens is 737 g/mol. The van der Waals surface area contributed by atoms with E-state index in [1.165, 1.54) is 5.56 Å². The monoisotopic (exact) mass is 770 g/mol. The Kier molecular flexibility index (Phi) is 7.07. The maximum absolute atomic E-state index is 6.58. The predicted octanol–water partition coefficient (Wildman–Crippen LogP) is 15.7. The molecule has 0 amide bonds. The van der Waals surface area contributed by atoms with E-state index >= 15 is 0 Å². The second kappa shape index (κ2) is 12.8. The Balaban J connectivity index is 1.01. The van der Waals surface area contributed by atoms with Gasteiger partial charge in [0.1, 0.15) is 28.0 Å². The minimum Gasteiger partial charge on any atom is -0.456 e. The normalized spacial score (nSPS) is 12.8.